The van der Waals surface area contributed by atoms with Gasteiger partial charge in [-0.25, -0.2) is 0 Å². The van der Waals surface area contributed by atoms with Gasteiger partial charge in [-0.3, -0.25) is 9.59 Å². The lowest BCUT2D eigenvalue weighted by Gasteiger charge is -2.30. The van der Waals surface area contributed by atoms with E-state index in [9.17, 15) is 9.59 Å². The summed E-state index contributed by atoms with van der Waals surface area (Å²) in [6.45, 7) is 7.06. The van der Waals surface area contributed by atoms with Gasteiger partial charge in [0.05, 0.1) is 18.7 Å². The van der Waals surface area contributed by atoms with Gasteiger partial charge in [0.15, 0.2) is 0 Å². The molecule has 1 aromatic carbocycles. The van der Waals surface area contributed by atoms with Crippen LogP contribution in [0.15, 0.2) is 18.2 Å². The van der Waals surface area contributed by atoms with E-state index in [1.165, 1.54) is 0 Å². The predicted octanol–water partition coefficient (Wildman–Crippen LogP) is 2.38. The monoisotopic (exact) mass is 395 g/mol. The molecule has 2 saturated heterocycles. The lowest BCUT2D eigenvalue weighted by atomic mass is 10.0. The second-order valence-corrected chi connectivity index (χ2v) is 7.26. The molecule has 2 unspecified atom stereocenters. The highest BCUT2D eigenvalue weighted by Crippen LogP contribution is 2.34. The normalized spacial score (nSPS) is 21.9. The molecule has 0 aliphatic carbocycles. The summed E-state index contributed by atoms with van der Waals surface area (Å²) in [5, 5.41) is 3.33. The second-order valence-electron chi connectivity index (χ2n) is 7.26. The van der Waals surface area contributed by atoms with Crippen LogP contribution in [0.5, 0.6) is 5.75 Å². The summed E-state index contributed by atoms with van der Waals surface area (Å²) in [6.07, 6.45) is 2.19. The van der Waals surface area contributed by atoms with E-state index in [0.717, 1.165) is 43.7 Å². The van der Waals surface area contributed by atoms with Crippen LogP contribution in [0.2, 0.25) is 0 Å². The number of benzene rings is 1. The third-order valence-electron chi connectivity index (χ3n) is 5.32. The number of amides is 2. The molecule has 1 N–H and O–H groups in total. The van der Waals surface area contributed by atoms with Crippen LogP contribution in [0.1, 0.15) is 31.7 Å². The van der Waals surface area contributed by atoms with Crippen molar-refractivity contribution in [2.75, 3.05) is 38.2 Å². The van der Waals surface area contributed by atoms with Crippen LogP contribution >= 0.6 is 12.4 Å². The number of anilines is 1. The molecule has 0 radical (unpaired) electrons. The van der Waals surface area contributed by atoms with Gasteiger partial charge in [-0.15, -0.1) is 12.4 Å². The van der Waals surface area contributed by atoms with Crippen molar-refractivity contribution < 1.29 is 14.3 Å². The largest absolute Gasteiger partial charge is 0.495 e. The molecule has 2 amide bonds. The van der Waals surface area contributed by atoms with E-state index in [1.807, 2.05) is 30.0 Å². The number of nitrogens with one attached hydrogen (secondary N) is 1. The predicted molar refractivity (Wildman–Crippen MR) is 109 cm³/mol. The van der Waals surface area contributed by atoms with Gasteiger partial charge in [-0.1, -0.05) is 13.0 Å². The van der Waals surface area contributed by atoms with Gasteiger partial charge < -0.3 is 19.9 Å². The Kier molecular flexibility index (Phi) is 7.50. The Morgan fingerprint density at radius 3 is 2.81 bits per heavy atom. The fraction of sp³-hybridized carbons (Fsp3) is 0.600. The number of carbonyl (C=O) groups is 2. The number of nitrogens with zero attached hydrogens (tertiary/aromatic N) is 2. The first-order valence-electron chi connectivity index (χ1n) is 9.51. The smallest absolute Gasteiger partial charge is 0.228 e. The third kappa shape index (κ3) is 4.55. The summed E-state index contributed by atoms with van der Waals surface area (Å²) in [5.74, 6) is 0.499. The number of carbonyl (C=O) groups excluding carboxylic acids is 2. The summed E-state index contributed by atoms with van der Waals surface area (Å²) in [5.41, 5.74) is 1.82. The van der Waals surface area contributed by atoms with Crippen molar-refractivity contribution >= 4 is 29.9 Å². The Hall–Kier alpha value is -1.79. The number of aryl methyl sites for hydroxylation is 1. The average molecular weight is 396 g/mol. The van der Waals surface area contributed by atoms with Crippen molar-refractivity contribution in [1.82, 2.24) is 10.2 Å². The highest BCUT2D eigenvalue weighted by atomic mass is 35.5. The molecule has 0 saturated carbocycles. The van der Waals surface area contributed by atoms with Crippen LogP contribution in [0.4, 0.5) is 5.69 Å². The number of methoxy groups -OCH3 is 1. The number of rotatable bonds is 6. The number of ether oxygens (including phenoxy) is 1. The molecule has 2 heterocycles. The minimum atomic E-state index is -0.278. The SMILES string of the molecule is CCCN(C(=O)C1CC(=O)N(c2cc(C)ccc2OC)C1)C1CCNC1.Cl. The minimum Gasteiger partial charge on any atom is -0.495 e. The highest BCUT2D eigenvalue weighted by Gasteiger charge is 2.39. The first kappa shape index (κ1) is 21.5. The van der Waals surface area contributed by atoms with E-state index in [-0.39, 0.29) is 42.6 Å². The quantitative estimate of drug-likeness (QED) is 0.803. The van der Waals surface area contributed by atoms with Gasteiger partial charge in [0, 0.05) is 32.1 Å². The topological polar surface area (TPSA) is 61.9 Å². The van der Waals surface area contributed by atoms with Crippen molar-refractivity contribution in [2.45, 2.75) is 39.2 Å². The van der Waals surface area contributed by atoms with Crippen LogP contribution in [-0.2, 0) is 9.59 Å². The van der Waals surface area contributed by atoms with E-state index in [2.05, 4.69) is 12.2 Å². The van der Waals surface area contributed by atoms with Crippen LogP contribution in [0, 0.1) is 12.8 Å². The Morgan fingerprint density at radius 2 is 2.19 bits per heavy atom. The maximum atomic E-state index is 13.2. The molecular weight excluding hydrogens is 366 g/mol. The molecule has 7 heteroatoms. The first-order valence-corrected chi connectivity index (χ1v) is 9.51. The maximum absolute atomic E-state index is 13.2. The summed E-state index contributed by atoms with van der Waals surface area (Å²) >= 11 is 0. The maximum Gasteiger partial charge on any atom is 0.228 e. The molecule has 0 spiro atoms. The fourth-order valence-electron chi connectivity index (χ4n) is 3.97. The van der Waals surface area contributed by atoms with Crippen molar-refractivity contribution in [3.63, 3.8) is 0 Å². The zero-order chi connectivity index (χ0) is 18.7. The standard InChI is InChI=1S/C20H29N3O3.ClH/c1-4-9-22(16-7-8-21-12-16)20(25)15-11-19(24)23(13-15)17-10-14(2)5-6-18(17)26-3;/h5-6,10,15-16,21H,4,7-9,11-13H2,1-3H3;1H. The van der Waals surface area contributed by atoms with Crippen molar-refractivity contribution in [3.05, 3.63) is 23.8 Å². The molecule has 27 heavy (non-hydrogen) atoms. The Bertz CT molecular complexity index is 676. The van der Waals surface area contributed by atoms with Crippen LogP contribution < -0.4 is 15.0 Å². The molecule has 2 aliphatic rings. The van der Waals surface area contributed by atoms with Crippen LogP contribution in [-0.4, -0.2) is 56.0 Å². The molecule has 150 valence electrons. The second kappa shape index (κ2) is 9.42. The Balaban J connectivity index is 0.00000261. The molecule has 3 rings (SSSR count). The first-order chi connectivity index (χ1) is 12.5. The van der Waals surface area contributed by atoms with E-state index in [1.54, 1.807) is 12.0 Å². The summed E-state index contributed by atoms with van der Waals surface area (Å²) in [6, 6.07) is 6.04. The number of hydrogen-bond donors (Lipinski definition) is 1. The molecule has 2 fully saturated rings. The van der Waals surface area contributed by atoms with Gasteiger partial charge in [0.25, 0.3) is 0 Å². The van der Waals surface area contributed by atoms with E-state index in [4.69, 9.17) is 4.74 Å². The zero-order valence-corrected chi connectivity index (χ0v) is 17.2. The third-order valence-corrected chi connectivity index (χ3v) is 5.32. The summed E-state index contributed by atoms with van der Waals surface area (Å²) in [7, 11) is 1.60. The van der Waals surface area contributed by atoms with Gasteiger partial charge in [-0.2, -0.15) is 0 Å². The molecule has 0 bridgehead atoms. The fourth-order valence-corrected chi connectivity index (χ4v) is 3.97. The van der Waals surface area contributed by atoms with Gasteiger partial charge >= 0.3 is 0 Å². The van der Waals surface area contributed by atoms with E-state index < -0.39 is 0 Å². The number of halogens is 1. The zero-order valence-electron chi connectivity index (χ0n) is 16.4. The lowest BCUT2D eigenvalue weighted by molar-refractivity contribution is -0.137. The van der Waals surface area contributed by atoms with Crippen LogP contribution in [0.25, 0.3) is 0 Å². The lowest BCUT2D eigenvalue weighted by Crippen LogP contribution is -2.45. The Morgan fingerprint density at radius 1 is 1.41 bits per heavy atom. The molecule has 2 aliphatic heterocycles. The summed E-state index contributed by atoms with van der Waals surface area (Å²) < 4.78 is 5.43. The minimum absolute atomic E-state index is 0. The molecule has 2 atom stereocenters. The van der Waals surface area contributed by atoms with E-state index >= 15 is 0 Å². The molecular formula is C20H30ClN3O3. The van der Waals surface area contributed by atoms with E-state index in [0.29, 0.717) is 12.3 Å². The van der Waals surface area contributed by atoms with Gasteiger partial charge in [0.2, 0.25) is 11.8 Å². The van der Waals surface area contributed by atoms with Gasteiger partial charge in [-0.05, 0) is 44.0 Å². The molecule has 6 nitrogen and oxygen atoms in total. The summed E-state index contributed by atoms with van der Waals surface area (Å²) in [4.78, 5) is 29.5. The highest BCUT2D eigenvalue weighted by molar-refractivity contribution is 6.01. The van der Waals surface area contributed by atoms with Crippen molar-refractivity contribution in [1.29, 1.82) is 0 Å². The molecule has 0 aromatic heterocycles. The number of hydrogen-bond acceptors (Lipinski definition) is 4. The molecule has 1 aromatic rings. The van der Waals surface area contributed by atoms with Crippen LogP contribution in [0.3, 0.4) is 0 Å². The Labute approximate surface area is 167 Å². The van der Waals surface area contributed by atoms with Gasteiger partial charge in [0.1, 0.15) is 5.75 Å². The van der Waals surface area contributed by atoms with Crippen molar-refractivity contribution in [2.24, 2.45) is 5.92 Å². The van der Waals surface area contributed by atoms with Crippen molar-refractivity contribution in [3.8, 4) is 5.75 Å². The average Bonchev–Trinajstić information content (AvgIpc) is 3.29.